The van der Waals surface area contributed by atoms with Crippen molar-refractivity contribution in [1.82, 2.24) is 25.2 Å². The SMILES string of the molecule is Cc1ccc([C@@H](C(=O)NC[C@@H]2CCCO2)N(CCc2ccccc2C)C(=O)Cn2nnc3ccccc32)o1. The van der Waals surface area contributed by atoms with Crippen molar-refractivity contribution in [3.8, 4) is 0 Å². The summed E-state index contributed by atoms with van der Waals surface area (Å²) in [6.45, 7) is 5.24. The molecule has 2 aromatic heterocycles. The minimum atomic E-state index is -0.934. The zero-order valence-electron chi connectivity index (χ0n) is 21.8. The second-order valence-electron chi connectivity index (χ2n) is 9.73. The third-order valence-corrected chi connectivity index (χ3v) is 7.03. The van der Waals surface area contributed by atoms with E-state index < -0.39 is 6.04 Å². The summed E-state index contributed by atoms with van der Waals surface area (Å²) in [5.74, 6) is 0.552. The largest absolute Gasteiger partial charge is 0.464 e. The van der Waals surface area contributed by atoms with Crippen LogP contribution in [0.1, 0.15) is 41.5 Å². The summed E-state index contributed by atoms with van der Waals surface area (Å²) in [5.41, 5.74) is 3.72. The molecule has 1 fully saturated rings. The Kier molecular flexibility index (Phi) is 7.83. The maximum absolute atomic E-state index is 13.9. The average Bonchev–Trinajstić information content (AvgIpc) is 3.68. The molecular formula is C29H33N5O4. The second kappa shape index (κ2) is 11.6. The number of furan rings is 1. The summed E-state index contributed by atoms with van der Waals surface area (Å²) in [6, 6.07) is 18.2. The molecule has 4 aromatic rings. The zero-order valence-corrected chi connectivity index (χ0v) is 21.8. The van der Waals surface area contributed by atoms with Crippen molar-refractivity contribution in [2.45, 2.75) is 51.8 Å². The lowest BCUT2D eigenvalue weighted by atomic mass is 10.0. The third kappa shape index (κ3) is 5.78. The third-order valence-electron chi connectivity index (χ3n) is 7.03. The number of carbonyl (C=O) groups excluding carboxylic acids is 2. The number of benzene rings is 2. The van der Waals surface area contributed by atoms with Crippen LogP contribution in [0.5, 0.6) is 0 Å². The highest BCUT2D eigenvalue weighted by Gasteiger charge is 2.34. The summed E-state index contributed by atoms with van der Waals surface area (Å²) in [4.78, 5) is 29.2. The van der Waals surface area contributed by atoms with Gasteiger partial charge in [0, 0.05) is 19.7 Å². The first kappa shape index (κ1) is 25.7. The van der Waals surface area contributed by atoms with E-state index in [4.69, 9.17) is 9.15 Å². The quantitative estimate of drug-likeness (QED) is 0.345. The van der Waals surface area contributed by atoms with Crippen LogP contribution in [-0.2, 0) is 27.3 Å². The van der Waals surface area contributed by atoms with Gasteiger partial charge in [0.2, 0.25) is 5.91 Å². The Hall–Kier alpha value is -3.98. The van der Waals surface area contributed by atoms with Crippen molar-refractivity contribution in [3.63, 3.8) is 0 Å². The van der Waals surface area contributed by atoms with Gasteiger partial charge in [0.05, 0.1) is 11.6 Å². The Bertz CT molecular complexity index is 1400. The van der Waals surface area contributed by atoms with Crippen molar-refractivity contribution in [2.24, 2.45) is 0 Å². The Balaban J connectivity index is 1.45. The van der Waals surface area contributed by atoms with Crippen LogP contribution in [0.2, 0.25) is 0 Å². The smallest absolute Gasteiger partial charge is 0.250 e. The molecule has 9 nitrogen and oxygen atoms in total. The first-order chi connectivity index (χ1) is 18.5. The molecule has 5 rings (SSSR count). The number of para-hydroxylation sites is 1. The zero-order chi connectivity index (χ0) is 26.5. The lowest BCUT2D eigenvalue weighted by molar-refractivity contribution is -0.142. The molecule has 1 aliphatic heterocycles. The molecule has 9 heteroatoms. The van der Waals surface area contributed by atoms with E-state index in [0.29, 0.717) is 43.2 Å². The van der Waals surface area contributed by atoms with Crippen molar-refractivity contribution >= 4 is 22.8 Å². The highest BCUT2D eigenvalue weighted by atomic mass is 16.5. The van der Waals surface area contributed by atoms with Gasteiger partial charge in [-0.15, -0.1) is 5.10 Å². The lowest BCUT2D eigenvalue weighted by Gasteiger charge is -2.30. The van der Waals surface area contributed by atoms with Crippen molar-refractivity contribution < 1.29 is 18.7 Å². The fraction of sp³-hybridized carbons (Fsp3) is 0.379. The van der Waals surface area contributed by atoms with Crippen LogP contribution in [0.3, 0.4) is 0 Å². The summed E-state index contributed by atoms with van der Waals surface area (Å²) in [6.07, 6.45) is 2.45. The molecule has 1 saturated heterocycles. The van der Waals surface area contributed by atoms with Gasteiger partial charge in [-0.3, -0.25) is 9.59 Å². The van der Waals surface area contributed by atoms with Crippen LogP contribution in [0, 0.1) is 13.8 Å². The molecule has 0 spiro atoms. The number of rotatable bonds is 10. The molecule has 1 aliphatic rings. The number of aryl methyl sites for hydroxylation is 2. The topological polar surface area (TPSA) is 102 Å². The first-order valence-corrected chi connectivity index (χ1v) is 13.1. The number of aromatic nitrogens is 3. The fourth-order valence-electron chi connectivity index (χ4n) is 4.92. The number of ether oxygens (including phenoxy) is 1. The molecule has 0 radical (unpaired) electrons. The molecular weight excluding hydrogens is 482 g/mol. The summed E-state index contributed by atoms with van der Waals surface area (Å²) >= 11 is 0. The van der Waals surface area contributed by atoms with Crippen LogP contribution < -0.4 is 5.32 Å². The summed E-state index contributed by atoms with van der Waals surface area (Å²) in [5, 5.41) is 11.4. The predicted octanol–water partition coefficient (Wildman–Crippen LogP) is 3.75. The van der Waals surface area contributed by atoms with Crippen molar-refractivity contribution in [2.75, 3.05) is 19.7 Å². The van der Waals surface area contributed by atoms with E-state index in [2.05, 4.69) is 15.6 Å². The van der Waals surface area contributed by atoms with Gasteiger partial charge in [0.1, 0.15) is 23.6 Å². The highest BCUT2D eigenvalue weighted by Crippen LogP contribution is 2.26. The Labute approximate surface area is 221 Å². The maximum Gasteiger partial charge on any atom is 0.250 e. The number of carbonyl (C=O) groups is 2. The maximum atomic E-state index is 13.9. The number of nitrogens with zero attached hydrogens (tertiary/aromatic N) is 4. The molecule has 1 N–H and O–H groups in total. The van der Waals surface area contributed by atoms with Crippen LogP contribution in [-0.4, -0.2) is 57.5 Å². The van der Waals surface area contributed by atoms with E-state index in [-0.39, 0.29) is 24.5 Å². The number of nitrogens with one attached hydrogen (secondary N) is 1. The minimum absolute atomic E-state index is 0.0180. The summed E-state index contributed by atoms with van der Waals surface area (Å²) in [7, 11) is 0. The average molecular weight is 516 g/mol. The molecule has 2 aromatic carbocycles. The molecule has 0 unspecified atom stereocenters. The predicted molar refractivity (Wildman–Crippen MR) is 142 cm³/mol. The van der Waals surface area contributed by atoms with E-state index in [0.717, 1.165) is 29.5 Å². The van der Waals surface area contributed by atoms with Gasteiger partial charge in [-0.1, -0.05) is 41.6 Å². The van der Waals surface area contributed by atoms with Crippen LogP contribution in [0.4, 0.5) is 0 Å². The second-order valence-corrected chi connectivity index (χ2v) is 9.73. The molecule has 3 heterocycles. The van der Waals surface area contributed by atoms with Gasteiger partial charge in [-0.25, -0.2) is 4.68 Å². The number of amides is 2. The normalized spacial score (nSPS) is 16.0. The molecule has 0 bridgehead atoms. The van der Waals surface area contributed by atoms with Crippen molar-refractivity contribution in [1.29, 1.82) is 0 Å². The van der Waals surface area contributed by atoms with Crippen LogP contribution in [0.25, 0.3) is 11.0 Å². The van der Waals surface area contributed by atoms with Gasteiger partial charge in [-0.05, 0) is 68.5 Å². The lowest BCUT2D eigenvalue weighted by Crippen LogP contribution is -2.47. The van der Waals surface area contributed by atoms with Gasteiger partial charge in [0.25, 0.3) is 5.91 Å². The van der Waals surface area contributed by atoms with E-state index >= 15 is 0 Å². The highest BCUT2D eigenvalue weighted by molar-refractivity contribution is 5.88. The minimum Gasteiger partial charge on any atom is -0.464 e. The Morgan fingerprint density at radius 2 is 1.92 bits per heavy atom. The monoisotopic (exact) mass is 515 g/mol. The Morgan fingerprint density at radius 3 is 2.68 bits per heavy atom. The van der Waals surface area contributed by atoms with Gasteiger partial charge < -0.3 is 19.4 Å². The van der Waals surface area contributed by atoms with E-state index in [1.54, 1.807) is 15.6 Å². The van der Waals surface area contributed by atoms with Crippen LogP contribution >= 0.6 is 0 Å². The van der Waals surface area contributed by atoms with Gasteiger partial charge in [-0.2, -0.15) is 0 Å². The van der Waals surface area contributed by atoms with Gasteiger partial charge >= 0.3 is 0 Å². The molecule has 2 amide bonds. The van der Waals surface area contributed by atoms with Crippen molar-refractivity contribution in [3.05, 3.63) is 83.3 Å². The number of hydrogen-bond donors (Lipinski definition) is 1. The molecule has 198 valence electrons. The van der Waals surface area contributed by atoms with Gasteiger partial charge in [0.15, 0.2) is 6.04 Å². The fourth-order valence-corrected chi connectivity index (χ4v) is 4.92. The van der Waals surface area contributed by atoms with Crippen LogP contribution in [0.15, 0.2) is 65.1 Å². The first-order valence-electron chi connectivity index (χ1n) is 13.1. The standard InChI is InChI=1S/C29H33N5O4/c1-20-8-3-4-9-22(20)15-16-33(27(35)19-34-25-12-6-5-11-24(25)31-32-34)28(26-14-13-21(2)38-26)29(36)30-18-23-10-7-17-37-23/h3-6,8-9,11-14,23,28H,7,10,15-19H2,1-2H3,(H,30,36)/t23-,28-/m0/s1. The van der Waals surface area contributed by atoms with E-state index in [9.17, 15) is 9.59 Å². The molecule has 2 atom stereocenters. The molecule has 0 aliphatic carbocycles. The number of fused-ring (bicyclic) bond motifs is 1. The number of hydrogen-bond acceptors (Lipinski definition) is 6. The summed E-state index contributed by atoms with van der Waals surface area (Å²) < 4.78 is 13.2. The Morgan fingerprint density at radius 1 is 1.11 bits per heavy atom. The molecule has 0 saturated carbocycles. The van der Waals surface area contributed by atoms with E-state index in [1.165, 1.54) is 0 Å². The van der Waals surface area contributed by atoms with E-state index in [1.807, 2.05) is 68.4 Å². The molecule has 38 heavy (non-hydrogen) atoms.